The van der Waals surface area contributed by atoms with Crippen molar-refractivity contribution in [2.24, 2.45) is 0 Å². The molecule has 0 spiro atoms. The van der Waals surface area contributed by atoms with Gasteiger partial charge in [0.15, 0.2) is 0 Å². The summed E-state index contributed by atoms with van der Waals surface area (Å²) in [5.41, 5.74) is 1.84. The lowest BCUT2D eigenvalue weighted by Crippen LogP contribution is -2.33. The Morgan fingerprint density at radius 1 is 1.23 bits per heavy atom. The van der Waals surface area contributed by atoms with Crippen LogP contribution in [0.15, 0.2) is 58.5 Å². The SMILES string of the molecule is O=C(CSCc1coc(-c2ccccc2)n1)N(Cc1cccs1)C1CC1. The fourth-order valence-electron chi connectivity index (χ4n) is 2.79. The Kier molecular flexibility index (Phi) is 5.41. The average molecular weight is 385 g/mol. The van der Waals surface area contributed by atoms with Crippen molar-refractivity contribution in [3.05, 3.63) is 64.7 Å². The summed E-state index contributed by atoms with van der Waals surface area (Å²) in [7, 11) is 0. The highest BCUT2D eigenvalue weighted by molar-refractivity contribution is 7.99. The Balaban J connectivity index is 1.30. The second-order valence-corrected chi connectivity index (χ2v) is 8.35. The van der Waals surface area contributed by atoms with Gasteiger partial charge in [0.05, 0.1) is 18.0 Å². The van der Waals surface area contributed by atoms with Crippen molar-refractivity contribution in [3.63, 3.8) is 0 Å². The van der Waals surface area contributed by atoms with E-state index in [2.05, 4.69) is 16.4 Å². The van der Waals surface area contributed by atoms with Gasteiger partial charge in [-0.2, -0.15) is 0 Å². The van der Waals surface area contributed by atoms with Crippen LogP contribution in [0.4, 0.5) is 0 Å². The van der Waals surface area contributed by atoms with E-state index in [1.165, 1.54) is 4.88 Å². The number of oxazole rings is 1. The molecule has 4 nitrogen and oxygen atoms in total. The molecule has 4 rings (SSSR count). The molecule has 3 aromatic rings. The number of rotatable bonds is 8. The quantitative estimate of drug-likeness (QED) is 0.558. The molecule has 0 aliphatic heterocycles. The number of benzene rings is 1. The number of carbonyl (C=O) groups excluding carboxylic acids is 1. The summed E-state index contributed by atoms with van der Waals surface area (Å²) in [5, 5.41) is 2.06. The maximum Gasteiger partial charge on any atom is 0.233 e. The van der Waals surface area contributed by atoms with Gasteiger partial charge in [-0.15, -0.1) is 23.1 Å². The summed E-state index contributed by atoms with van der Waals surface area (Å²) in [6, 6.07) is 14.4. The first-order valence-electron chi connectivity index (χ1n) is 8.69. The summed E-state index contributed by atoms with van der Waals surface area (Å²) in [6.45, 7) is 0.740. The molecule has 6 heteroatoms. The third-order valence-corrected chi connectivity index (χ3v) is 6.07. The van der Waals surface area contributed by atoms with Crippen LogP contribution in [0.25, 0.3) is 11.5 Å². The van der Waals surface area contributed by atoms with Crippen LogP contribution >= 0.6 is 23.1 Å². The number of amides is 1. The summed E-state index contributed by atoms with van der Waals surface area (Å²) in [6.07, 6.45) is 3.95. The highest BCUT2D eigenvalue weighted by atomic mass is 32.2. The number of nitrogens with zero attached hydrogens (tertiary/aromatic N) is 2. The Hall–Kier alpha value is -2.05. The molecule has 134 valence electrons. The normalized spacial score (nSPS) is 13.7. The molecular weight excluding hydrogens is 364 g/mol. The van der Waals surface area contributed by atoms with Crippen molar-refractivity contribution in [1.82, 2.24) is 9.88 Å². The van der Waals surface area contributed by atoms with E-state index in [-0.39, 0.29) is 5.91 Å². The van der Waals surface area contributed by atoms with E-state index in [4.69, 9.17) is 4.42 Å². The van der Waals surface area contributed by atoms with Gasteiger partial charge >= 0.3 is 0 Å². The van der Waals surface area contributed by atoms with Gasteiger partial charge in [0, 0.05) is 22.2 Å². The Labute approximate surface area is 161 Å². The van der Waals surface area contributed by atoms with Gasteiger partial charge in [0.2, 0.25) is 11.8 Å². The molecule has 1 saturated carbocycles. The van der Waals surface area contributed by atoms with Crippen LogP contribution in [-0.2, 0) is 17.1 Å². The summed E-state index contributed by atoms with van der Waals surface area (Å²) < 4.78 is 5.56. The van der Waals surface area contributed by atoms with Gasteiger partial charge < -0.3 is 9.32 Å². The fraction of sp³-hybridized carbons (Fsp3) is 0.300. The fourth-order valence-corrected chi connectivity index (χ4v) is 4.28. The summed E-state index contributed by atoms with van der Waals surface area (Å²) in [5.74, 6) is 2.01. The Morgan fingerprint density at radius 2 is 2.08 bits per heavy atom. The predicted molar refractivity (Wildman–Crippen MR) is 106 cm³/mol. The first kappa shape index (κ1) is 17.4. The van der Waals surface area contributed by atoms with E-state index < -0.39 is 0 Å². The van der Waals surface area contributed by atoms with Crippen molar-refractivity contribution in [2.75, 3.05) is 5.75 Å². The highest BCUT2D eigenvalue weighted by Crippen LogP contribution is 2.30. The zero-order valence-electron chi connectivity index (χ0n) is 14.3. The van der Waals surface area contributed by atoms with Gasteiger partial charge in [-0.3, -0.25) is 4.79 Å². The van der Waals surface area contributed by atoms with Gasteiger partial charge in [-0.05, 0) is 36.4 Å². The van der Waals surface area contributed by atoms with Gasteiger partial charge in [0.25, 0.3) is 0 Å². The van der Waals surface area contributed by atoms with Crippen LogP contribution in [0, 0.1) is 0 Å². The molecule has 2 heterocycles. The lowest BCUT2D eigenvalue weighted by molar-refractivity contribution is -0.129. The maximum absolute atomic E-state index is 12.6. The average Bonchev–Trinajstić information content (AvgIpc) is 3.17. The molecule has 0 unspecified atom stereocenters. The number of carbonyl (C=O) groups is 1. The zero-order valence-corrected chi connectivity index (χ0v) is 16.0. The van der Waals surface area contributed by atoms with Crippen molar-refractivity contribution in [1.29, 1.82) is 0 Å². The minimum atomic E-state index is 0.220. The first-order chi connectivity index (χ1) is 12.8. The van der Waals surface area contributed by atoms with Crippen LogP contribution in [-0.4, -0.2) is 27.6 Å². The standard InChI is InChI=1S/C20H20N2O2S2/c23-19(22(17-8-9-17)11-18-7-4-10-26-18)14-25-13-16-12-24-20(21-16)15-5-2-1-3-6-15/h1-7,10,12,17H,8-9,11,13-14H2. The molecule has 1 fully saturated rings. The molecule has 1 amide bonds. The van der Waals surface area contributed by atoms with E-state index in [0.717, 1.165) is 30.6 Å². The number of aromatic nitrogens is 1. The molecule has 0 bridgehead atoms. The number of thioether (sulfide) groups is 1. The van der Waals surface area contributed by atoms with Gasteiger partial charge in [-0.25, -0.2) is 4.98 Å². The molecule has 2 aromatic heterocycles. The van der Waals surface area contributed by atoms with Crippen LogP contribution in [0.1, 0.15) is 23.4 Å². The minimum absolute atomic E-state index is 0.220. The van der Waals surface area contributed by atoms with Crippen molar-refractivity contribution in [2.45, 2.75) is 31.2 Å². The maximum atomic E-state index is 12.6. The summed E-state index contributed by atoms with van der Waals surface area (Å²) in [4.78, 5) is 20.4. The van der Waals surface area contributed by atoms with E-state index in [0.29, 0.717) is 23.4 Å². The van der Waals surface area contributed by atoms with Crippen LogP contribution in [0.2, 0.25) is 0 Å². The second kappa shape index (κ2) is 8.10. The largest absolute Gasteiger partial charge is 0.444 e. The number of hydrogen-bond acceptors (Lipinski definition) is 5. The first-order valence-corrected chi connectivity index (χ1v) is 10.7. The molecule has 26 heavy (non-hydrogen) atoms. The smallest absolute Gasteiger partial charge is 0.233 e. The number of hydrogen-bond donors (Lipinski definition) is 0. The van der Waals surface area contributed by atoms with E-state index >= 15 is 0 Å². The van der Waals surface area contributed by atoms with Crippen molar-refractivity contribution < 1.29 is 9.21 Å². The van der Waals surface area contributed by atoms with E-state index in [1.807, 2.05) is 41.3 Å². The monoisotopic (exact) mass is 384 g/mol. The Bertz CT molecular complexity index is 842. The predicted octanol–water partition coefficient (Wildman–Crippen LogP) is 4.83. The number of thiophene rings is 1. The molecule has 1 aromatic carbocycles. The third kappa shape index (κ3) is 4.37. The summed E-state index contributed by atoms with van der Waals surface area (Å²) >= 11 is 3.31. The lowest BCUT2D eigenvalue weighted by Gasteiger charge is -2.21. The molecular formula is C20H20N2O2S2. The third-order valence-electron chi connectivity index (χ3n) is 4.26. The molecule has 0 N–H and O–H groups in total. The molecule has 1 aliphatic rings. The van der Waals surface area contributed by atoms with Gasteiger partial charge in [-0.1, -0.05) is 24.3 Å². The topological polar surface area (TPSA) is 46.3 Å². The molecule has 0 saturated heterocycles. The van der Waals surface area contributed by atoms with Gasteiger partial charge in [0.1, 0.15) is 6.26 Å². The van der Waals surface area contributed by atoms with Crippen molar-refractivity contribution in [3.8, 4) is 11.5 Å². The Morgan fingerprint density at radius 3 is 2.81 bits per heavy atom. The minimum Gasteiger partial charge on any atom is -0.444 e. The van der Waals surface area contributed by atoms with Crippen LogP contribution in [0.5, 0.6) is 0 Å². The van der Waals surface area contributed by atoms with E-state index in [9.17, 15) is 4.79 Å². The highest BCUT2D eigenvalue weighted by Gasteiger charge is 2.32. The van der Waals surface area contributed by atoms with Crippen LogP contribution < -0.4 is 0 Å². The van der Waals surface area contributed by atoms with Crippen molar-refractivity contribution >= 4 is 29.0 Å². The van der Waals surface area contributed by atoms with E-state index in [1.54, 1.807) is 29.4 Å². The lowest BCUT2D eigenvalue weighted by atomic mass is 10.2. The molecule has 0 atom stereocenters. The molecule has 1 aliphatic carbocycles. The van der Waals surface area contributed by atoms with Crippen LogP contribution in [0.3, 0.4) is 0 Å². The molecule has 0 radical (unpaired) electrons. The zero-order chi connectivity index (χ0) is 17.8. The second-order valence-electron chi connectivity index (χ2n) is 6.33.